The summed E-state index contributed by atoms with van der Waals surface area (Å²) < 4.78 is 0. The predicted molar refractivity (Wildman–Crippen MR) is 99.3 cm³/mol. The normalized spacial score (nSPS) is 12.9. The van der Waals surface area contributed by atoms with Crippen molar-refractivity contribution in [1.29, 1.82) is 0 Å². The number of imide groups is 1. The molecule has 1 aromatic carbocycles. The first-order valence-electron chi connectivity index (χ1n) is 8.57. The molecular weight excluding hydrogens is 338 g/mol. The Balaban J connectivity index is 1.73. The van der Waals surface area contributed by atoms with Crippen LogP contribution in [0.4, 0.5) is 0 Å². The molecule has 6 nitrogen and oxygen atoms in total. The van der Waals surface area contributed by atoms with Gasteiger partial charge in [-0.3, -0.25) is 19.3 Å². The van der Waals surface area contributed by atoms with Crippen molar-refractivity contribution in [3.63, 3.8) is 0 Å². The van der Waals surface area contributed by atoms with Crippen LogP contribution in [-0.2, 0) is 4.79 Å². The molecule has 0 saturated heterocycles. The van der Waals surface area contributed by atoms with Gasteiger partial charge < -0.3 is 10.6 Å². The summed E-state index contributed by atoms with van der Waals surface area (Å²) in [6, 6.07) is 6.66. The lowest BCUT2D eigenvalue weighted by Gasteiger charge is -2.14. The Kier molecular flexibility index (Phi) is 7.06. The molecule has 0 atom stereocenters. The van der Waals surface area contributed by atoms with Crippen molar-refractivity contribution in [2.24, 2.45) is 0 Å². The van der Waals surface area contributed by atoms with Crippen LogP contribution in [0.3, 0.4) is 0 Å². The molecular formula is C18H23N3O3S. The minimum atomic E-state index is -0.356. The number of thiocarbonyl (C=S) groups is 1. The number of carbonyl (C=O) groups excluding carboxylic acids is 3. The summed E-state index contributed by atoms with van der Waals surface area (Å²) in [6.07, 6.45) is 4.49. The van der Waals surface area contributed by atoms with Crippen molar-refractivity contribution >= 4 is 35.1 Å². The lowest BCUT2D eigenvalue weighted by molar-refractivity contribution is -0.119. The summed E-state index contributed by atoms with van der Waals surface area (Å²) in [7, 11) is 0. The second kappa shape index (κ2) is 9.27. The molecule has 0 aromatic heterocycles. The smallest absolute Gasteiger partial charge is 0.261 e. The molecule has 25 heavy (non-hydrogen) atoms. The summed E-state index contributed by atoms with van der Waals surface area (Å²) in [4.78, 5) is 37.5. The number of rotatable bonds is 8. The highest BCUT2D eigenvalue weighted by molar-refractivity contribution is 7.80. The van der Waals surface area contributed by atoms with Gasteiger partial charge in [0.2, 0.25) is 5.91 Å². The summed E-state index contributed by atoms with van der Waals surface area (Å²) in [5.41, 5.74) is 0.773. The number of nitrogens with one attached hydrogen (secondary N) is 2. The van der Waals surface area contributed by atoms with Gasteiger partial charge >= 0.3 is 0 Å². The van der Waals surface area contributed by atoms with E-state index >= 15 is 0 Å². The third-order valence-electron chi connectivity index (χ3n) is 4.01. The molecule has 3 amide bonds. The number of hydrogen-bond acceptors (Lipinski definition) is 4. The maximum atomic E-state index is 12.2. The van der Waals surface area contributed by atoms with E-state index in [9.17, 15) is 14.4 Å². The lowest BCUT2D eigenvalue weighted by Crippen LogP contribution is -2.41. The van der Waals surface area contributed by atoms with Crippen LogP contribution >= 0.6 is 12.2 Å². The van der Waals surface area contributed by atoms with Gasteiger partial charge in [0.05, 0.1) is 11.1 Å². The van der Waals surface area contributed by atoms with E-state index in [0.29, 0.717) is 11.1 Å². The highest BCUT2D eigenvalue weighted by Crippen LogP contribution is 2.22. The van der Waals surface area contributed by atoms with Crippen LogP contribution in [0, 0.1) is 0 Å². The lowest BCUT2D eigenvalue weighted by atomic mass is 10.1. The minimum absolute atomic E-state index is 0.0170. The summed E-state index contributed by atoms with van der Waals surface area (Å²) >= 11 is 5.07. The van der Waals surface area contributed by atoms with Gasteiger partial charge in [0, 0.05) is 19.5 Å². The molecule has 0 spiro atoms. The summed E-state index contributed by atoms with van der Waals surface area (Å²) in [6.45, 7) is 2.90. The standard InChI is InChI=1S/C18H23N3O3S/c1-2-3-4-7-11-19-18(25)20-15(22)10-12-21-16(23)13-8-5-6-9-14(13)17(21)24/h5-6,8-9H,2-4,7,10-12H2,1H3,(H2,19,20,22,25). The third-order valence-corrected chi connectivity index (χ3v) is 4.26. The number of carbonyl (C=O) groups is 3. The van der Waals surface area contributed by atoms with E-state index in [1.54, 1.807) is 24.3 Å². The zero-order valence-corrected chi connectivity index (χ0v) is 15.2. The fourth-order valence-electron chi connectivity index (χ4n) is 2.64. The van der Waals surface area contributed by atoms with Crippen LogP contribution in [0.2, 0.25) is 0 Å². The third kappa shape index (κ3) is 5.09. The second-order valence-electron chi connectivity index (χ2n) is 5.92. The van der Waals surface area contributed by atoms with Crippen LogP contribution in [0.15, 0.2) is 24.3 Å². The molecule has 0 fully saturated rings. The van der Waals surface area contributed by atoms with Crippen molar-refractivity contribution < 1.29 is 14.4 Å². The Morgan fingerprint density at radius 1 is 1.08 bits per heavy atom. The molecule has 1 aliphatic heterocycles. The number of benzene rings is 1. The van der Waals surface area contributed by atoms with Crippen molar-refractivity contribution in [1.82, 2.24) is 15.5 Å². The molecule has 134 valence electrons. The quantitative estimate of drug-likeness (QED) is 0.422. The first kappa shape index (κ1) is 19.1. The largest absolute Gasteiger partial charge is 0.362 e. The average molecular weight is 361 g/mol. The van der Waals surface area contributed by atoms with E-state index < -0.39 is 0 Å². The Morgan fingerprint density at radius 3 is 2.32 bits per heavy atom. The molecule has 0 aliphatic carbocycles. The molecule has 0 bridgehead atoms. The fourth-order valence-corrected chi connectivity index (χ4v) is 2.86. The van der Waals surface area contributed by atoms with Gasteiger partial charge in [0.15, 0.2) is 5.11 Å². The van der Waals surface area contributed by atoms with Gasteiger partial charge in [0.1, 0.15) is 0 Å². The van der Waals surface area contributed by atoms with E-state index in [1.807, 2.05) is 0 Å². The van der Waals surface area contributed by atoms with Gasteiger partial charge in [-0.2, -0.15) is 0 Å². The minimum Gasteiger partial charge on any atom is -0.362 e. The zero-order chi connectivity index (χ0) is 18.2. The number of nitrogens with zero attached hydrogens (tertiary/aromatic N) is 1. The Labute approximate surface area is 153 Å². The van der Waals surface area contributed by atoms with Gasteiger partial charge in [-0.05, 0) is 30.8 Å². The molecule has 1 aromatic rings. The number of amides is 3. The van der Waals surface area contributed by atoms with Crippen molar-refractivity contribution in [2.75, 3.05) is 13.1 Å². The monoisotopic (exact) mass is 361 g/mol. The Bertz CT molecular complexity index is 640. The van der Waals surface area contributed by atoms with Crippen LogP contribution in [0.25, 0.3) is 0 Å². The van der Waals surface area contributed by atoms with Crippen LogP contribution in [-0.4, -0.2) is 40.8 Å². The van der Waals surface area contributed by atoms with E-state index in [1.165, 1.54) is 12.8 Å². The van der Waals surface area contributed by atoms with Gasteiger partial charge in [-0.15, -0.1) is 0 Å². The van der Waals surface area contributed by atoms with Crippen molar-refractivity contribution in [3.8, 4) is 0 Å². The number of hydrogen-bond donors (Lipinski definition) is 2. The average Bonchev–Trinajstić information content (AvgIpc) is 2.84. The first-order chi connectivity index (χ1) is 12.0. The summed E-state index contributed by atoms with van der Waals surface area (Å²) in [5.74, 6) is -1.03. The van der Waals surface area contributed by atoms with Crippen LogP contribution < -0.4 is 10.6 Å². The Morgan fingerprint density at radius 2 is 1.72 bits per heavy atom. The molecule has 7 heteroatoms. The van der Waals surface area contributed by atoms with Gasteiger partial charge in [-0.25, -0.2) is 0 Å². The van der Waals surface area contributed by atoms with Gasteiger partial charge in [0.25, 0.3) is 11.8 Å². The molecule has 2 rings (SSSR count). The van der Waals surface area contributed by atoms with Crippen molar-refractivity contribution in [2.45, 2.75) is 39.0 Å². The van der Waals surface area contributed by atoms with E-state index in [4.69, 9.17) is 12.2 Å². The van der Waals surface area contributed by atoms with Crippen molar-refractivity contribution in [3.05, 3.63) is 35.4 Å². The topological polar surface area (TPSA) is 78.5 Å². The molecule has 1 aliphatic rings. The van der Waals surface area contributed by atoms with Crippen LogP contribution in [0.5, 0.6) is 0 Å². The van der Waals surface area contributed by atoms with Crippen LogP contribution in [0.1, 0.15) is 59.7 Å². The molecule has 1 heterocycles. The zero-order valence-electron chi connectivity index (χ0n) is 14.3. The molecule has 0 unspecified atom stereocenters. The number of unbranched alkanes of at least 4 members (excludes halogenated alkanes) is 3. The fraction of sp³-hybridized carbons (Fsp3) is 0.444. The number of fused-ring (bicyclic) bond motifs is 1. The van der Waals surface area contributed by atoms with Gasteiger partial charge in [-0.1, -0.05) is 38.3 Å². The Hall–Kier alpha value is -2.28. The predicted octanol–water partition coefficient (Wildman–Crippen LogP) is 2.24. The second-order valence-corrected chi connectivity index (χ2v) is 6.33. The first-order valence-corrected chi connectivity index (χ1v) is 8.98. The molecule has 0 radical (unpaired) electrons. The highest BCUT2D eigenvalue weighted by atomic mass is 32.1. The van der Waals surface area contributed by atoms with E-state index in [0.717, 1.165) is 24.3 Å². The summed E-state index contributed by atoms with van der Waals surface area (Å²) in [5, 5.41) is 5.84. The maximum Gasteiger partial charge on any atom is 0.261 e. The van der Waals surface area contributed by atoms with E-state index in [2.05, 4.69) is 17.6 Å². The SMILES string of the molecule is CCCCCCNC(=S)NC(=O)CCN1C(=O)c2ccccc2C1=O. The van der Waals surface area contributed by atoms with E-state index in [-0.39, 0.29) is 35.8 Å². The maximum absolute atomic E-state index is 12.2. The highest BCUT2D eigenvalue weighted by Gasteiger charge is 2.34. The molecule has 0 saturated carbocycles. The molecule has 2 N–H and O–H groups in total.